The van der Waals surface area contributed by atoms with E-state index in [-0.39, 0.29) is 5.54 Å². The van der Waals surface area contributed by atoms with Gasteiger partial charge in [-0.3, -0.25) is 9.88 Å². The largest absolute Gasteiger partial charge is 0.329 e. The second kappa shape index (κ2) is 6.02. The molecule has 1 saturated carbocycles. The Labute approximate surface area is 117 Å². The number of nitrogens with zero attached hydrogens (tertiary/aromatic N) is 2. The van der Waals surface area contributed by atoms with Gasteiger partial charge in [-0.05, 0) is 55.8 Å². The van der Waals surface area contributed by atoms with Crippen LogP contribution in [0.1, 0.15) is 32.3 Å². The standard InChI is InChI=1S/C16H27N3/c1-13(2)15-10-16(11-15,12-17)19(3)9-6-14-4-7-18-8-5-14/h4-5,7-8,13,15H,6,9-12,17H2,1-3H3. The molecule has 1 aliphatic rings. The molecule has 2 rings (SSSR count). The smallest absolute Gasteiger partial charge is 0.0334 e. The van der Waals surface area contributed by atoms with Crippen molar-refractivity contribution in [2.45, 2.75) is 38.6 Å². The Morgan fingerprint density at radius 3 is 2.53 bits per heavy atom. The Balaban J connectivity index is 1.87. The number of nitrogens with two attached hydrogens (primary N) is 1. The number of rotatable bonds is 6. The van der Waals surface area contributed by atoms with Crippen molar-refractivity contribution in [3.05, 3.63) is 30.1 Å². The molecule has 3 nitrogen and oxygen atoms in total. The molecule has 0 aromatic carbocycles. The maximum atomic E-state index is 6.05. The van der Waals surface area contributed by atoms with Crippen LogP contribution in [-0.2, 0) is 6.42 Å². The second-order valence-corrected chi connectivity index (χ2v) is 6.37. The van der Waals surface area contributed by atoms with Crippen LogP contribution >= 0.6 is 0 Å². The van der Waals surface area contributed by atoms with Gasteiger partial charge < -0.3 is 5.73 Å². The molecule has 3 heteroatoms. The van der Waals surface area contributed by atoms with E-state index < -0.39 is 0 Å². The fourth-order valence-electron chi connectivity index (χ4n) is 3.11. The lowest BCUT2D eigenvalue weighted by Crippen LogP contribution is -2.61. The van der Waals surface area contributed by atoms with E-state index in [4.69, 9.17) is 5.73 Å². The fraction of sp³-hybridized carbons (Fsp3) is 0.688. The van der Waals surface area contributed by atoms with E-state index in [9.17, 15) is 0 Å². The molecule has 106 valence electrons. The topological polar surface area (TPSA) is 42.1 Å². The van der Waals surface area contributed by atoms with E-state index in [1.165, 1.54) is 18.4 Å². The predicted octanol–water partition coefficient (Wildman–Crippen LogP) is 2.32. The normalized spacial score (nSPS) is 26.7. The van der Waals surface area contributed by atoms with Gasteiger partial charge in [0.15, 0.2) is 0 Å². The molecule has 0 aliphatic heterocycles. The van der Waals surface area contributed by atoms with Crippen LogP contribution in [0.3, 0.4) is 0 Å². The summed E-state index contributed by atoms with van der Waals surface area (Å²) in [5.41, 5.74) is 7.66. The molecule has 0 bridgehead atoms. The summed E-state index contributed by atoms with van der Waals surface area (Å²) in [7, 11) is 2.23. The van der Waals surface area contributed by atoms with E-state index in [1.807, 2.05) is 12.4 Å². The number of hydrogen-bond acceptors (Lipinski definition) is 3. The molecular formula is C16H27N3. The van der Waals surface area contributed by atoms with Crippen molar-refractivity contribution in [3.8, 4) is 0 Å². The first-order valence-electron chi connectivity index (χ1n) is 7.37. The zero-order valence-electron chi connectivity index (χ0n) is 12.5. The molecule has 0 radical (unpaired) electrons. The molecule has 1 aromatic rings. The summed E-state index contributed by atoms with van der Waals surface area (Å²) in [5, 5.41) is 0. The number of pyridine rings is 1. The van der Waals surface area contributed by atoms with Gasteiger partial charge >= 0.3 is 0 Å². The Morgan fingerprint density at radius 2 is 2.00 bits per heavy atom. The van der Waals surface area contributed by atoms with Crippen molar-refractivity contribution < 1.29 is 0 Å². The third-order valence-electron chi connectivity index (χ3n) is 4.90. The van der Waals surface area contributed by atoms with E-state index >= 15 is 0 Å². The Morgan fingerprint density at radius 1 is 1.37 bits per heavy atom. The van der Waals surface area contributed by atoms with Gasteiger partial charge in [0.2, 0.25) is 0 Å². The van der Waals surface area contributed by atoms with Gasteiger partial charge in [-0.15, -0.1) is 0 Å². The summed E-state index contributed by atoms with van der Waals surface area (Å²) in [5.74, 6) is 1.64. The van der Waals surface area contributed by atoms with Crippen molar-refractivity contribution in [2.24, 2.45) is 17.6 Å². The van der Waals surface area contributed by atoms with Gasteiger partial charge in [-0.1, -0.05) is 13.8 Å². The minimum atomic E-state index is 0.252. The SMILES string of the molecule is CC(C)C1CC(CN)(N(C)CCc2ccncc2)C1. The summed E-state index contributed by atoms with van der Waals surface area (Å²) in [6.07, 6.45) is 7.33. The van der Waals surface area contributed by atoms with Crippen LogP contribution < -0.4 is 5.73 Å². The first-order valence-corrected chi connectivity index (χ1v) is 7.37. The van der Waals surface area contributed by atoms with E-state index in [0.717, 1.165) is 31.3 Å². The molecule has 0 atom stereocenters. The summed E-state index contributed by atoms with van der Waals surface area (Å²) in [4.78, 5) is 6.54. The van der Waals surface area contributed by atoms with E-state index in [0.29, 0.717) is 0 Å². The van der Waals surface area contributed by atoms with Gasteiger partial charge in [0, 0.05) is 31.0 Å². The molecule has 2 N–H and O–H groups in total. The minimum Gasteiger partial charge on any atom is -0.329 e. The van der Waals surface area contributed by atoms with Crippen molar-refractivity contribution in [3.63, 3.8) is 0 Å². The number of likely N-dealkylation sites (N-methyl/N-ethyl adjacent to an activating group) is 1. The van der Waals surface area contributed by atoms with Crippen LogP contribution in [0, 0.1) is 11.8 Å². The third kappa shape index (κ3) is 3.15. The summed E-state index contributed by atoms with van der Waals surface area (Å²) >= 11 is 0. The minimum absolute atomic E-state index is 0.252. The lowest BCUT2D eigenvalue weighted by molar-refractivity contribution is -0.0189. The Bertz CT molecular complexity index is 382. The second-order valence-electron chi connectivity index (χ2n) is 6.37. The number of hydrogen-bond donors (Lipinski definition) is 1. The molecule has 0 spiro atoms. The fourth-order valence-corrected chi connectivity index (χ4v) is 3.11. The molecule has 1 heterocycles. The molecule has 1 fully saturated rings. The average molecular weight is 261 g/mol. The van der Waals surface area contributed by atoms with Crippen molar-refractivity contribution >= 4 is 0 Å². The van der Waals surface area contributed by atoms with Gasteiger partial charge in [-0.25, -0.2) is 0 Å². The van der Waals surface area contributed by atoms with Gasteiger partial charge in [-0.2, -0.15) is 0 Å². The lowest BCUT2D eigenvalue weighted by Gasteiger charge is -2.54. The lowest BCUT2D eigenvalue weighted by atomic mass is 9.63. The van der Waals surface area contributed by atoms with Crippen LogP contribution in [0.25, 0.3) is 0 Å². The van der Waals surface area contributed by atoms with Crippen LogP contribution in [0.4, 0.5) is 0 Å². The van der Waals surface area contributed by atoms with Crippen LogP contribution in [-0.4, -0.2) is 35.6 Å². The van der Waals surface area contributed by atoms with Crippen molar-refractivity contribution in [1.82, 2.24) is 9.88 Å². The first kappa shape index (κ1) is 14.5. The zero-order valence-corrected chi connectivity index (χ0v) is 12.5. The molecular weight excluding hydrogens is 234 g/mol. The summed E-state index contributed by atoms with van der Waals surface area (Å²) < 4.78 is 0. The van der Waals surface area contributed by atoms with Crippen molar-refractivity contribution in [1.29, 1.82) is 0 Å². The van der Waals surface area contributed by atoms with Gasteiger partial charge in [0.1, 0.15) is 0 Å². The van der Waals surface area contributed by atoms with Crippen molar-refractivity contribution in [2.75, 3.05) is 20.1 Å². The van der Waals surface area contributed by atoms with Crippen LogP contribution in [0.5, 0.6) is 0 Å². The molecule has 1 aromatic heterocycles. The van der Waals surface area contributed by atoms with Gasteiger partial charge in [0.05, 0.1) is 0 Å². The van der Waals surface area contributed by atoms with E-state index in [1.54, 1.807) is 0 Å². The number of aromatic nitrogens is 1. The zero-order chi connectivity index (χ0) is 13.9. The predicted molar refractivity (Wildman–Crippen MR) is 79.9 cm³/mol. The highest BCUT2D eigenvalue weighted by Crippen LogP contribution is 2.44. The Kier molecular flexibility index (Phi) is 4.58. The van der Waals surface area contributed by atoms with Crippen LogP contribution in [0.15, 0.2) is 24.5 Å². The quantitative estimate of drug-likeness (QED) is 0.854. The van der Waals surface area contributed by atoms with Gasteiger partial charge in [0.25, 0.3) is 0 Å². The highest BCUT2D eigenvalue weighted by Gasteiger charge is 2.46. The summed E-state index contributed by atoms with van der Waals surface area (Å²) in [6.45, 7) is 6.50. The monoisotopic (exact) mass is 261 g/mol. The first-order chi connectivity index (χ1) is 9.07. The average Bonchev–Trinajstić information content (AvgIpc) is 2.36. The maximum absolute atomic E-state index is 6.05. The highest BCUT2D eigenvalue weighted by atomic mass is 15.2. The molecule has 0 amide bonds. The summed E-state index contributed by atoms with van der Waals surface area (Å²) in [6, 6.07) is 4.20. The molecule has 0 saturated heterocycles. The maximum Gasteiger partial charge on any atom is 0.0334 e. The molecule has 19 heavy (non-hydrogen) atoms. The van der Waals surface area contributed by atoms with E-state index in [2.05, 4.69) is 42.9 Å². The van der Waals surface area contributed by atoms with Crippen LogP contribution in [0.2, 0.25) is 0 Å². The molecule has 0 unspecified atom stereocenters. The Hall–Kier alpha value is -0.930. The third-order valence-corrected chi connectivity index (χ3v) is 4.90. The highest BCUT2D eigenvalue weighted by molar-refractivity contribution is 5.11. The molecule has 1 aliphatic carbocycles.